The van der Waals surface area contributed by atoms with Crippen molar-refractivity contribution in [3.05, 3.63) is 47.5 Å². The summed E-state index contributed by atoms with van der Waals surface area (Å²) in [5.74, 6) is 0.354. The summed E-state index contributed by atoms with van der Waals surface area (Å²) in [5.41, 5.74) is 12.2. The van der Waals surface area contributed by atoms with Crippen LogP contribution in [-0.4, -0.2) is 78.8 Å². The first-order valence-electron chi connectivity index (χ1n) is 13.1. The van der Waals surface area contributed by atoms with Crippen LogP contribution in [0.5, 0.6) is 0 Å². The van der Waals surface area contributed by atoms with Crippen LogP contribution in [0, 0.1) is 0 Å². The van der Waals surface area contributed by atoms with E-state index in [4.69, 9.17) is 20.2 Å². The maximum absolute atomic E-state index is 12.7. The second kappa shape index (κ2) is 12.3. The number of morpholine rings is 1. The Morgan fingerprint density at radius 1 is 1.05 bits per heavy atom. The number of anilines is 3. The minimum Gasteiger partial charge on any atom is -0.443 e. The second-order valence-corrected chi connectivity index (χ2v) is 10.6. The zero-order valence-corrected chi connectivity index (χ0v) is 22.7. The highest BCUT2D eigenvalue weighted by Gasteiger charge is 2.24. The molecule has 0 bridgehead atoms. The molecule has 2 saturated heterocycles. The van der Waals surface area contributed by atoms with E-state index >= 15 is 0 Å². The summed E-state index contributed by atoms with van der Waals surface area (Å²) in [4.78, 5) is 45.4. The maximum Gasteiger partial charge on any atom is 0.422 e. The molecule has 2 aliphatic heterocycles. The third kappa shape index (κ3) is 7.80. The van der Waals surface area contributed by atoms with Crippen molar-refractivity contribution >= 4 is 35.2 Å². The molecule has 4 rings (SSSR count). The molecule has 210 valence electrons. The van der Waals surface area contributed by atoms with Gasteiger partial charge in [-0.1, -0.05) is 0 Å². The number of ether oxygens (including phenoxy) is 2. The largest absolute Gasteiger partial charge is 0.443 e. The van der Waals surface area contributed by atoms with E-state index in [1.807, 2.05) is 0 Å². The average Bonchev–Trinajstić information content (AvgIpc) is 2.91. The van der Waals surface area contributed by atoms with Crippen LogP contribution in [0.2, 0.25) is 0 Å². The normalized spacial score (nSPS) is 17.9. The Balaban J connectivity index is 1.43. The van der Waals surface area contributed by atoms with E-state index in [2.05, 4.69) is 21.1 Å². The number of amides is 3. The molecule has 1 aromatic heterocycles. The van der Waals surface area contributed by atoms with Gasteiger partial charge in [-0.05, 0) is 70.0 Å². The minimum atomic E-state index is -0.601. The van der Waals surface area contributed by atoms with Crippen LogP contribution in [0.3, 0.4) is 0 Å². The molecule has 0 spiro atoms. The van der Waals surface area contributed by atoms with Gasteiger partial charge in [-0.25, -0.2) is 15.2 Å². The third-order valence-electron chi connectivity index (χ3n) is 6.36. The van der Waals surface area contributed by atoms with Crippen LogP contribution in [-0.2, 0) is 9.47 Å². The van der Waals surface area contributed by atoms with Gasteiger partial charge < -0.3 is 30.3 Å². The highest BCUT2D eigenvalue weighted by molar-refractivity contribution is 5.99. The summed E-state index contributed by atoms with van der Waals surface area (Å²) in [6, 6.07) is 10.4. The van der Waals surface area contributed by atoms with E-state index in [0.717, 1.165) is 19.4 Å². The lowest BCUT2D eigenvalue weighted by Gasteiger charge is -2.34. The lowest BCUT2D eigenvalue weighted by atomic mass is 10.1. The summed E-state index contributed by atoms with van der Waals surface area (Å²) in [6.45, 7) is 9.00. The Hall–Kier alpha value is -3.90. The number of nitrogens with two attached hydrogens (primary N) is 1. The van der Waals surface area contributed by atoms with Gasteiger partial charge in [0.2, 0.25) is 0 Å². The van der Waals surface area contributed by atoms with Crippen molar-refractivity contribution in [3.63, 3.8) is 0 Å². The topological polar surface area (TPSA) is 151 Å². The van der Waals surface area contributed by atoms with E-state index < -0.39 is 17.6 Å². The number of piperidine rings is 1. The van der Waals surface area contributed by atoms with Crippen LogP contribution in [0.25, 0.3) is 0 Å². The monoisotopic (exact) mass is 539 g/mol. The summed E-state index contributed by atoms with van der Waals surface area (Å²) >= 11 is 0. The smallest absolute Gasteiger partial charge is 0.422 e. The summed E-state index contributed by atoms with van der Waals surface area (Å²) in [7, 11) is 0. The average molecular weight is 540 g/mol. The molecule has 3 amide bonds. The van der Waals surface area contributed by atoms with E-state index in [1.165, 1.54) is 0 Å². The fourth-order valence-electron chi connectivity index (χ4n) is 4.47. The number of hydrazine groups is 1. The zero-order chi connectivity index (χ0) is 28.0. The van der Waals surface area contributed by atoms with Gasteiger partial charge >= 0.3 is 6.09 Å². The molecular weight excluding hydrogens is 502 g/mol. The number of carbonyl (C=O) groups is 3. The molecule has 5 N–H and O–H groups in total. The van der Waals surface area contributed by atoms with Crippen LogP contribution in [0.15, 0.2) is 36.4 Å². The Bertz CT molecular complexity index is 1180. The van der Waals surface area contributed by atoms with Crippen molar-refractivity contribution in [2.24, 2.45) is 5.73 Å². The van der Waals surface area contributed by atoms with Crippen molar-refractivity contribution in [1.82, 2.24) is 20.7 Å². The molecule has 12 heteroatoms. The Labute approximate surface area is 228 Å². The minimum absolute atomic E-state index is 0.0168. The number of rotatable bonds is 7. The predicted octanol–water partition coefficient (Wildman–Crippen LogP) is 2.39. The summed E-state index contributed by atoms with van der Waals surface area (Å²) in [6.07, 6.45) is 1.22. The van der Waals surface area contributed by atoms with Gasteiger partial charge in [0.1, 0.15) is 17.2 Å². The quantitative estimate of drug-likeness (QED) is 0.389. The molecule has 2 aliphatic rings. The molecule has 1 aromatic carbocycles. The number of benzene rings is 1. The van der Waals surface area contributed by atoms with Crippen molar-refractivity contribution in [1.29, 1.82) is 0 Å². The van der Waals surface area contributed by atoms with Gasteiger partial charge in [0.25, 0.3) is 11.8 Å². The Morgan fingerprint density at radius 2 is 1.77 bits per heavy atom. The van der Waals surface area contributed by atoms with Gasteiger partial charge in [0.15, 0.2) is 0 Å². The lowest BCUT2D eigenvalue weighted by Crippen LogP contribution is -2.53. The molecule has 2 aromatic rings. The van der Waals surface area contributed by atoms with Crippen LogP contribution < -0.4 is 26.8 Å². The molecule has 1 unspecified atom stereocenters. The number of nitrogens with one attached hydrogen (secondary N) is 3. The number of pyridine rings is 1. The Morgan fingerprint density at radius 3 is 2.44 bits per heavy atom. The maximum atomic E-state index is 12.7. The van der Waals surface area contributed by atoms with Crippen LogP contribution in [0.1, 0.15) is 54.3 Å². The first-order valence-corrected chi connectivity index (χ1v) is 13.1. The van der Waals surface area contributed by atoms with Crippen LogP contribution >= 0.6 is 0 Å². The van der Waals surface area contributed by atoms with Crippen molar-refractivity contribution in [3.8, 4) is 0 Å². The highest BCUT2D eigenvalue weighted by atomic mass is 16.6. The van der Waals surface area contributed by atoms with Crippen molar-refractivity contribution in [2.45, 2.75) is 45.3 Å². The molecule has 2 fully saturated rings. The fourth-order valence-corrected chi connectivity index (χ4v) is 4.47. The standard InChI is InChI=1S/C27H37N7O5/c1-27(2,3)39-26(37)32-31-20-5-4-12-34(17-20)22-11-10-21(23(28)35)24(30-22)29-19-8-6-18(7-9-19)25(36)33-13-15-38-16-14-33/h6-11,20,31H,4-5,12-17H2,1-3H3,(H2,28,35)(H,29,30)(H,32,37). The Kier molecular flexibility index (Phi) is 8.87. The number of primary amides is 1. The van der Waals surface area contributed by atoms with Gasteiger partial charge in [-0.15, -0.1) is 0 Å². The molecular formula is C27H37N7O5. The van der Waals surface area contributed by atoms with Gasteiger partial charge in [-0.2, -0.15) is 0 Å². The SMILES string of the molecule is CC(C)(C)OC(=O)NNC1CCCN(c2ccc(C(N)=O)c(Nc3ccc(C(=O)N4CCOCC4)cc3)n2)C1. The summed E-state index contributed by atoms with van der Waals surface area (Å²) in [5, 5.41) is 3.18. The number of hydrogen-bond donors (Lipinski definition) is 4. The number of hydrogen-bond acceptors (Lipinski definition) is 9. The van der Waals surface area contributed by atoms with Crippen molar-refractivity contribution < 1.29 is 23.9 Å². The summed E-state index contributed by atoms with van der Waals surface area (Å²) < 4.78 is 10.6. The number of carbonyl (C=O) groups excluding carboxylic acids is 3. The van der Waals surface area contributed by atoms with Crippen LogP contribution in [0.4, 0.5) is 22.1 Å². The first-order chi connectivity index (χ1) is 18.6. The van der Waals surface area contributed by atoms with E-state index in [1.54, 1.807) is 62.1 Å². The van der Waals surface area contributed by atoms with Gasteiger partial charge in [0, 0.05) is 43.5 Å². The first kappa shape index (κ1) is 28.1. The molecule has 12 nitrogen and oxygen atoms in total. The third-order valence-corrected chi connectivity index (χ3v) is 6.36. The van der Waals surface area contributed by atoms with E-state index in [-0.39, 0.29) is 17.5 Å². The molecule has 0 aliphatic carbocycles. The lowest BCUT2D eigenvalue weighted by molar-refractivity contribution is 0.0303. The molecule has 3 heterocycles. The van der Waals surface area contributed by atoms with Gasteiger partial charge in [0.05, 0.1) is 18.8 Å². The number of aromatic nitrogens is 1. The number of nitrogens with zero attached hydrogens (tertiary/aromatic N) is 3. The van der Waals surface area contributed by atoms with Crippen molar-refractivity contribution in [2.75, 3.05) is 49.6 Å². The van der Waals surface area contributed by atoms with E-state index in [9.17, 15) is 14.4 Å². The van der Waals surface area contributed by atoms with Gasteiger partial charge in [-0.3, -0.25) is 15.0 Å². The molecule has 0 radical (unpaired) electrons. The molecule has 39 heavy (non-hydrogen) atoms. The second-order valence-electron chi connectivity index (χ2n) is 10.6. The zero-order valence-electron chi connectivity index (χ0n) is 22.7. The predicted molar refractivity (Wildman–Crippen MR) is 147 cm³/mol. The molecule has 1 atom stereocenters. The highest BCUT2D eigenvalue weighted by Crippen LogP contribution is 2.25. The fraction of sp³-hybridized carbons (Fsp3) is 0.481. The van der Waals surface area contributed by atoms with E-state index in [0.29, 0.717) is 55.7 Å². The molecule has 0 saturated carbocycles.